The molecule has 2 heterocycles. The molecular formula is C8H10ClNO2. The molecule has 3 nitrogen and oxygen atoms in total. The highest BCUT2D eigenvalue weighted by molar-refractivity contribution is 6.29. The molecule has 1 aromatic heterocycles. The van der Waals surface area contributed by atoms with Crippen molar-refractivity contribution in [1.82, 2.24) is 0 Å². The third-order valence-corrected chi connectivity index (χ3v) is 2.13. The summed E-state index contributed by atoms with van der Waals surface area (Å²) in [6, 6.07) is 1.83. The Hall–Kier alpha value is -0.670. The van der Waals surface area contributed by atoms with Crippen molar-refractivity contribution >= 4 is 17.3 Å². The van der Waals surface area contributed by atoms with Gasteiger partial charge in [-0.15, -0.1) is 0 Å². The van der Waals surface area contributed by atoms with Gasteiger partial charge in [-0.05, 0) is 11.6 Å². The third kappa shape index (κ3) is 1.57. The Bertz CT molecular complexity index is 255. The summed E-state index contributed by atoms with van der Waals surface area (Å²) in [5, 5.41) is 0.441. The molecular weight excluding hydrogens is 178 g/mol. The standard InChI is InChI=1S/C8H10ClNO2/c9-8-5-7(6-12-8)10-1-3-11-4-2-10/h5-6H,1-4H2. The van der Waals surface area contributed by atoms with Gasteiger partial charge < -0.3 is 14.1 Å². The fourth-order valence-electron chi connectivity index (χ4n) is 1.29. The summed E-state index contributed by atoms with van der Waals surface area (Å²) in [6.07, 6.45) is 1.67. The minimum absolute atomic E-state index is 0.441. The molecule has 0 unspecified atom stereocenters. The Morgan fingerprint density at radius 3 is 2.67 bits per heavy atom. The minimum Gasteiger partial charge on any atom is -0.451 e. The predicted molar refractivity (Wildman–Crippen MR) is 46.8 cm³/mol. The number of hydrogen-bond acceptors (Lipinski definition) is 3. The van der Waals surface area contributed by atoms with Crippen molar-refractivity contribution in [2.75, 3.05) is 31.2 Å². The van der Waals surface area contributed by atoms with Gasteiger partial charge in [0.2, 0.25) is 0 Å². The number of hydrogen-bond donors (Lipinski definition) is 0. The molecule has 0 radical (unpaired) electrons. The van der Waals surface area contributed by atoms with E-state index in [1.54, 1.807) is 6.26 Å². The van der Waals surface area contributed by atoms with Gasteiger partial charge in [0.05, 0.1) is 18.9 Å². The van der Waals surface area contributed by atoms with E-state index in [1.807, 2.05) is 6.07 Å². The van der Waals surface area contributed by atoms with E-state index in [0.29, 0.717) is 5.22 Å². The molecule has 1 saturated heterocycles. The third-order valence-electron chi connectivity index (χ3n) is 1.93. The summed E-state index contributed by atoms with van der Waals surface area (Å²) in [6.45, 7) is 3.39. The molecule has 0 atom stereocenters. The Labute approximate surface area is 75.9 Å². The molecule has 1 aliphatic heterocycles. The van der Waals surface area contributed by atoms with Crippen LogP contribution in [-0.2, 0) is 4.74 Å². The van der Waals surface area contributed by atoms with Crippen LogP contribution in [0.4, 0.5) is 5.69 Å². The van der Waals surface area contributed by atoms with Crippen molar-refractivity contribution in [1.29, 1.82) is 0 Å². The van der Waals surface area contributed by atoms with E-state index >= 15 is 0 Å². The molecule has 0 saturated carbocycles. The molecule has 0 spiro atoms. The second-order valence-corrected chi connectivity index (χ2v) is 3.08. The first-order chi connectivity index (χ1) is 5.86. The van der Waals surface area contributed by atoms with Gasteiger partial charge in [-0.25, -0.2) is 0 Å². The van der Waals surface area contributed by atoms with E-state index in [2.05, 4.69) is 4.90 Å². The van der Waals surface area contributed by atoms with Gasteiger partial charge in [0.1, 0.15) is 6.26 Å². The lowest BCUT2D eigenvalue weighted by atomic mass is 10.4. The molecule has 0 aromatic carbocycles. The molecule has 4 heteroatoms. The normalized spacial score (nSPS) is 18.2. The maximum atomic E-state index is 5.66. The molecule has 1 aliphatic rings. The number of halogens is 1. The highest BCUT2D eigenvalue weighted by Gasteiger charge is 2.12. The molecule has 0 bridgehead atoms. The first-order valence-electron chi connectivity index (χ1n) is 3.93. The maximum Gasteiger partial charge on any atom is 0.195 e. The molecule has 66 valence electrons. The summed E-state index contributed by atoms with van der Waals surface area (Å²) < 4.78 is 10.2. The molecule has 1 aromatic rings. The fraction of sp³-hybridized carbons (Fsp3) is 0.500. The summed E-state index contributed by atoms with van der Waals surface area (Å²) in [5.41, 5.74) is 1.04. The van der Waals surface area contributed by atoms with Crippen molar-refractivity contribution in [2.45, 2.75) is 0 Å². The molecule has 0 aliphatic carbocycles. The van der Waals surface area contributed by atoms with Crippen LogP contribution >= 0.6 is 11.6 Å². The molecule has 0 amide bonds. The number of furan rings is 1. The zero-order valence-electron chi connectivity index (χ0n) is 6.62. The number of morpholine rings is 1. The maximum absolute atomic E-state index is 5.66. The van der Waals surface area contributed by atoms with Crippen LogP contribution in [0.3, 0.4) is 0 Å². The van der Waals surface area contributed by atoms with Crippen LogP contribution in [0.2, 0.25) is 5.22 Å². The second kappa shape index (κ2) is 3.37. The predicted octanol–water partition coefficient (Wildman–Crippen LogP) is 1.77. The average molecular weight is 188 g/mol. The fourth-order valence-corrected chi connectivity index (χ4v) is 1.44. The van der Waals surface area contributed by atoms with Crippen LogP contribution in [0, 0.1) is 0 Å². The molecule has 1 fully saturated rings. The lowest BCUT2D eigenvalue weighted by Gasteiger charge is -2.26. The van der Waals surface area contributed by atoms with Crippen LogP contribution in [-0.4, -0.2) is 26.3 Å². The number of ether oxygens (including phenoxy) is 1. The van der Waals surface area contributed by atoms with Crippen LogP contribution in [0.15, 0.2) is 16.7 Å². The zero-order valence-corrected chi connectivity index (χ0v) is 7.38. The summed E-state index contributed by atoms with van der Waals surface area (Å²) in [4.78, 5) is 2.19. The van der Waals surface area contributed by atoms with Gasteiger partial charge >= 0.3 is 0 Å². The van der Waals surface area contributed by atoms with E-state index < -0.39 is 0 Å². The van der Waals surface area contributed by atoms with Gasteiger partial charge in [0.15, 0.2) is 5.22 Å². The SMILES string of the molecule is Clc1cc(N2CCOCC2)co1. The Morgan fingerprint density at radius 2 is 2.08 bits per heavy atom. The van der Waals surface area contributed by atoms with Gasteiger partial charge in [0.25, 0.3) is 0 Å². The quantitative estimate of drug-likeness (QED) is 0.670. The topological polar surface area (TPSA) is 25.6 Å². The summed E-state index contributed by atoms with van der Waals surface area (Å²) >= 11 is 5.66. The average Bonchev–Trinajstić information content (AvgIpc) is 2.54. The van der Waals surface area contributed by atoms with Crippen LogP contribution in [0.1, 0.15) is 0 Å². The smallest absolute Gasteiger partial charge is 0.195 e. The van der Waals surface area contributed by atoms with E-state index in [1.165, 1.54) is 0 Å². The van der Waals surface area contributed by atoms with Gasteiger partial charge in [-0.2, -0.15) is 0 Å². The van der Waals surface area contributed by atoms with Crippen LogP contribution in [0.25, 0.3) is 0 Å². The van der Waals surface area contributed by atoms with Gasteiger partial charge in [-0.3, -0.25) is 0 Å². The van der Waals surface area contributed by atoms with Crippen molar-refractivity contribution in [2.24, 2.45) is 0 Å². The Morgan fingerprint density at radius 1 is 1.33 bits per heavy atom. The molecule has 2 rings (SSSR count). The van der Waals surface area contributed by atoms with Crippen molar-refractivity contribution < 1.29 is 9.15 Å². The van der Waals surface area contributed by atoms with Crippen molar-refractivity contribution in [3.63, 3.8) is 0 Å². The lowest BCUT2D eigenvalue weighted by molar-refractivity contribution is 0.122. The Balaban J connectivity index is 2.08. The zero-order chi connectivity index (χ0) is 8.39. The van der Waals surface area contributed by atoms with Crippen LogP contribution in [0.5, 0.6) is 0 Å². The number of rotatable bonds is 1. The van der Waals surface area contributed by atoms with Crippen LogP contribution < -0.4 is 4.90 Å². The largest absolute Gasteiger partial charge is 0.451 e. The van der Waals surface area contributed by atoms with E-state index in [4.69, 9.17) is 20.8 Å². The first-order valence-corrected chi connectivity index (χ1v) is 4.31. The molecule has 12 heavy (non-hydrogen) atoms. The molecule has 0 N–H and O–H groups in total. The second-order valence-electron chi connectivity index (χ2n) is 2.71. The van der Waals surface area contributed by atoms with Crippen molar-refractivity contribution in [3.8, 4) is 0 Å². The monoisotopic (exact) mass is 187 g/mol. The summed E-state index contributed by atoms with van der Waals surface area (Å²) in [5.74, 6) is 0. The summed E-state index contributed by atoms with van der Waals surface area (Å²) in [7, 11) is 0. The Kier molecular flexibility index (Phi) is 2.23. The van der Waals surface area contributed by atoms with E-state index in [-0.39, 0.29) is 0 Å². The number of nitrogens with zero attached hydrogens (tertiary/aromatic N) is 1. The minimum atomic E-state index is 0.441. The van der Waals surface area contributed by atoms with E-state index in [0.717, 1.165) is 32.0 Å². The first kappa shape index (κ1) is 7.95. The number of anilines is 1. The van der Waals surface area contributed by atoms with Crippen molar-refractivity contribution in [3.05, 3.63) is 17.5 Å². The van der Waals surface area contributed by atoms with Gasteiger partial charge in [0, 0.05) is 19.2 Å². The van der Waals surface area contributed by atoms with E-state index in [9.17, 15) is 0 Å². The highest BCUT2D eigenvalue weighted by atomic mass is 35.5. The van der Waals surface area contributed by atoms with Gasteiger partial charge in [-0.1, -0.05) is 0 Å². The lowest BCUT2D eigenvalue weighted by Crippen LogP contribution is -2.35. The highest BCUT2D eigenvalue weighted by Crippen LogP contribution is 2.22.